The minimum atomic E-state index is -0.500. The number of halogens is 2. The van der Waals surface area contributed by atoms with Crippen molar-refractivity contribution in [1.29, 1.82) is 0 Å². The summed E-state index contributed by atoms with van der Waals surface area (Å²) in [6.07, 6.45) is 0. The Morgan fingerprint density at radius 1 is 1.11 bits per heavy atom. The molecule has 0 heterocycles. The molecule has 0 aliphatic carbocycles. The zero-order valence-corrected chi connectivity index (χ0v) is 10.1. The average Bonchev–Trinajstić information content (AvgIpc) is 2.34. The van der Waals surface area contributed by atoms with Gasteiger partial charge < -0.3 is 10.5 Å². The monoisotopic (exact) mass is 249 g/mol. The predicted octanol–water partition coefficient (Wildman–Crippen LogP) is 3.53. The number of nitrogens with two attached hydrogens (primary N) is 1. The van der Waals surface area contributed by atoms with Crippen molar-refractivity contribution in [1.82, 2.24) is 0 Å². The van der Waals surface area contributed by atoms with Crippen molar-refractivity contribution in [2.45, 2.75) is 6.92 Å². The van der Waals surface area contributed by atoms with Crippen molar-refractivity contribution >= 4 is 5.69 Å². The predicted molar refractivity (Wildman–Crippen MR) is 67.5 cm³/mol. The van der Waals surface area contributed by atoms with Gasteiger partial charge in [0.05, 0.1) is 12.8 Å². The molecule has 2 rings (SSSR count). The normalized spacial score (nSPS) is 10.4. The quantitative estimate of drug-likeness (QED) is 0.826. The van der Waals surface area contributed by atoms with Crippen molar-refractivity contribution in [3.8, 4) is 16.9 Å². The maximum Gasteiger partial charge on any atom is 0.172 e. The molecule has 2 aromatic carbocycles. The Morgan fingerprint density at radius 2 is 1.83 bits per heavy atom. The van der Waals surface area contributed by atoms with Crippen LogP contribution in [0, 0.1) is 18.6 Å². The first-order valence-electron chi connectivity index (χ1n) is 5.43. The Bertz CT molecular complexity index is 597. The maximum absolute atomic E-state index is 14.1. The summed E-state index contributed by atoms with van der Waals surface area (Å²) in [6.45, 7) is 1.71. The summed E-state index contributed by atoms with van der Waals surface area (Å²) in [6, 6.07) is 7.54. The van der Waals surface area contributed by atoms with E-state index < -0.39 is 11.6 Å². The molecule has 2 nitrogen and oxygen atoms in total. The van der Waals surface area contributed by atoms with Crippen molar-refractivity contribution in [3.63, 3.8) is 0 Å². The molecule has 0 radical (unpaired) electrons. The Labute approximate surface area is 104 Å². The molecule has 0 fully saturated rings. The molecule has 0 aliphatic rings. The van der Waals surface area contributed by atoms with Crippen LogP contribution in [0.5, 0.6) is 5.75 Å². The molecule has 18 heavy (non-hydrogen) atoms. The maximum atomic E-state index is 14.1. The Morgan fingerprint density at radius 3 is 2.50 bits per heavy atom. The standard InChI is InChI=1S/C14H13F2NO/c1-8-6-11(15)12(17)7-10(8)9-4-3-5-13(18-2)14(9)16/h3-7H,17H2,1-2H3. The molecule has 0 unspecified atom stereocenters. The van der Waals surface area contributed by atoms with Gasteiger partial charge in [-0.2, -0.15) is 0 Å². The molecule has 94 valence electrons. The third-order valence-electron chi connectivity index (χ3n) is 2.82. The van der Waals surface area contributed by atoms with Crippen LogP contribution in [0.15, 0.2) is 30.3 Å². The van der Waals surface area contributed by atoms with Crippen molar-refractivity contribution in [2.75, 3.05) is 12.8 Å². The lowest BCUT2D eigenvalue weighted by molar-refractivity contribution is 0.387. The third kappa shape index (κ3) is 2.01. The van der Waals surface area contributed by atoms with E-state index in [4.69, 9.17) is 10.5 Å². The van der Waals surface area contributed by atoms with Crippen LogP contribution in [0.1, 0.15) is 5.56 Å². The Hall–Kier alpha value is -2.10. The molecule has 0 amide bonds. The fourth-order valence-electron chi connectivity index (χ4n) is 1.86. The second-order valence-electron chi connectivity index (χ2n) is 4.01. The number of benzene rings is 2. The van der Waals surface area contributed by atoms with E-state index in [9.17, 15) is 8.78 Å². The third-order valence-corrected chi connectivity index (χ3v) is 2.82. The van der Waals surface area contributed by atoms with Crippen LogP contribution in [0.4, 0.5) is 14.5 Å². The molecule has 0 aliphatic heterocycles. The summed E-state index contributed by atoms with van der Waals surface area (Å²) in [5.74, 6) is -0.830. The van der Waals surface area contributed by atoms with Gasteiger partial charge in [0.25, 0.3) is 0 Å². The van der Waals surface area contributed by atoms with E-state index in [1.54, 1.807) is 19.1 Å². The fourth-order valence-corrected chi connectivity index (χ4v) is 1.86. The Balaban J connectivity index is 2.66. The number of methoxy groups -OCH3 is 1. The summed E-state index contributed by atoms with van der Waals surface area (Å²) in [5, 5.41) is 0. The number of hydrogen-bond acceptors (Lipinski definition) is 2. The van der Waals surface area contributed by atoms with Gasteiger partial charge in [-0.15, -0.1) is 0 Å². The number of nitrogen functional groups attached to an aromatic ring is 1. The number of ether oxygens (including phenoxy) is 1. The first-order valence-corrected chi connectivity index (χ1v) is 5.43. The molecular formula is C14H13F2NO. The second kappa shape index (κ2) is 4.64. The summed E-state index contributed by atoms with van der Waals surface area (Å²) in [4.78, 5) is 0. The summed E-state index contributed by atoms with van der Waals surface area (Å²) >= 11 is 0. The first-order chi connectivity index (χ1) is 8.54. The molecule has 2 N–H and O–H groups in total. The van der Waals surface area contributed by atoms with E-state index in [0.717, 1.165) is 0 Å². The summed E-state index contributed by atoms with van der Waals surface area (Å²) in [7, 11) is 1.40. The molecule has 0 saturated heterocycles. The molecule has 0 atom stereocenters. The molecule has 2 aromatic rings. The summed E-state index contributed by atoms with van der Waals surface area (Å²) < 4.78 is 32.3. The van der Waals surface area contributed by atoms with Crippen LogP contribution in [0.3, 0.4) is 0 Å². The van der Waals surface area contributed by atoms with Crippen LogP contribution < -0.4 is 10.5 Å². The van der Waals surface area contributed by atoms with Gasteiger partial charge in [0.1, 0.15) is 5.82 Å². The van der Waals surface area contributed by atoms with Crippen molar-refractivity contribution in [2.24, 2.45) is 0 Å². The van der Waals surface area contributed by atoms with Gasteiger partial charge in [0.15, 0.2) is 11.6 Å². The minimum Gasteiger partial charge on any atom is -0.494 e. The highest BCUT2D eigenvalue weighted by molar-refractivity contribution is 5.72. The van der Waals surface area contributed by atoms with Gasteiger partial charge >= 0.3 is 0 Å². The molecule has 0 aromatic heterocycles. The van der Waals surface area contributed by atoms with Gasteiger partial charge in [-0.1, -0.05) is 12.1 Å². The number of rotatable bonds is 2. The smallest absolute Gasteiger partial charge is 0.172 e. The van der Waals surface area contributed by atoms with E-state index in [-0.39, 0.29) is 11.4 Å². The van der Waals surface area contributed by atoms with E-state index in [1.165, 1.54) is 25.3 Å². The highest BCUT2D eigenvalue weighted by Crippen LogP contribution is 2.32. The largest absolute Gasteiger partial charge is 0.494 e. The topological polar surface area (TPSA) is 35.2 Å². The van der Waals surface area contributed by atoms with Gasteiger partial charge in [-0.25, -0.2) is 8.78 Å². The number of hydrogen-bond donors (Lipinski definition) is 1. The highest BCUT2D eigenvalue weighted by Gasteiger charge is 2.13. The number of anilines is 1. The average molecular weight is 249 g/mol. The van der Waals surface area contributed by atoms with Crippen molar-refractivity contribution in [3.05, 3.63) is 47.5 Å². The molecule has 0 saturated carbocycles. The van der Waals surface area contributed by atoms with Crippen LogP contribution >= 0.6 is 0 Å². The molecular weight excluding hydrogens is 236 g/mol. The number of aryl methyl sites for hydroxylation is 1. The van der Waals surface area contributed by atoms with Crippen LogP contribution in [0.25, 0.3) is 11.1 Å². The van der Waals surface area contributed by atoms with Gasteiger partial charge in [-0.05, 0) is 36.2 Å². The summed E-state index contributed by atoms with van der Waals surface area (Å²) in [5.41, 5.74) is 7.04. The van der Waals surface area contributed by atoms with E-state index >= 15 is 0 Å². The van der Waals surface area contributed by atoms with E-state index in [1.807, 2.05) is 0 Å². The second-order valence-corrected chi connectivity index (χ2v) is 4.01. The zero-order valence-electron chi connectivity index (χ0n) is 10.1. The molecule has 4 heteroatoms. The minimum absolute atomic E-state index is 0.00202. The fraction of sp³-hybridized carbons (Fsp3) is 0.143. The zero-order chi connectivity index (χ0) is 13.3. The molecule has 0 spiro atoms. The van der Waals surface area contributed by atoms with Gasteiger partial charge in [0.2, 0.25) is 0 Å². The SMILES string of the molecule is COc1cccc(-c2cc(N)c(F)cc2C)c1F. The lowest BCUT2D eigenvalue weighted by Gasteiger charge is -2.11. The van der Waals surface area contributed by atoms with Crippen LogP contribution in [-0.4, -0.2) is 7.11 Å². The van der Waals surface area contributed by atoms with Gasteiger partial charge in [0, 0.05) is 5.56 Å². The highest BCUT2D eigenvalue weighted by atomic mass is 19.1. The lowest BCUT2D eigenvalue weighted by Crippen LogP contribution is -1.96. The Kier molecular flexibility index (Phi) is 3.19. The van der Waals surface area contributed by atoms with Crippen molar-refractivity contribution < 1.29 is 13.5 Å². The van der Waals surface area contributed by atoms with Gasteiger partial charge in [-0.3, -0.25) is 0 Å². The van der Waals surface area contributed by atoms with E-state index in [2.05, 4.69) is 0 Å². The lowest BCUT2D eigenvalue weighted by atomic mass is 9.99. The molecule has 0 bridgehead atoms. The first kappa shape index (κ1) is 12.4. The van der Waals surface area contributed by atoms with E-state index in [0.29, 0.717) is 16.7 Å². The van der Waals surface area contributed by atoms with Crippen LogP contribution in [-0.2, 0) is 0 Å². The van der Waals surface area contributed by atoms with Crippen LogP contribution in [0.2, 0.25) is 0 Å².